The largest absolute Gasteiger partial charge is 0.493 e. The van der Waals surface area contributed by atoms with Crippen molar-refractivity contribution >= 4 is 17.7 Å². The molecule has 7 heteroatoms. The third-order valence-electron chi connectivity index (χ3n) is 8.08. The van der Waals surface area contributed by atoms with Gasteiger partial charge in [-0.3, -0.25) is 4.90 Å². The van der Waals surface area contributed by atoms with Crippen LogP contribution in [0.3, 0.4) is 0 Å². The van der Waals surface area contributed by atoms with Crippen molar-refractivity contribution in [2.24, 2.45) is 0 Å². The van der Waals surface area contributed by atoms with Gasteiger partial charge in [-0.2, -0.15) is 0 Å². The SMILES string of the molecule is Cc1cc2c(c(C(OC(C)(C)C)C(=O)O)c1-c1ccc3c(c1)CCCO3)CCCN2C(=O)NC1CCCCC1. The first-order valence-electron chi connectivity index (χ1n) is 14.5. The minimum atomic E-state index is -1.16. The minimum Gasteiger partial charge on any atom is -0.493 e. The fourth-order valence-corrected chi connectivity index (χ4v) is 6.39. The van der Waals surface area contributed by atoms with Crippen LogP contribution in [0.15, 0.2) is 24.3 Å². The first kappa shape index (κ1) is 27.5. The van der Waals surface area contributed by atoms with E-state index in [-0.39, 0.29) is 12.1 Å². The van der Waals surface area contributed by atoms with Crippen LogP contribution in [-0.2, 0) is 22.4 Å². The summed E-state index contributed by atoms with van der Waals surface area (Å²) in [5.41, 5.74) is 5.60. The van der Waals surface area contributed by atoms with Crippen LogP contribution in [0.4, 0.5) is 10.5 Å². The molecular weight excluding hydrogens is 492 g/mol. The molecule has 1 fully saturated rings. The normalized spacial score (nSPS) is 18.5. The van der Waals surface area contributed by atoms with E-state index in [2.05, 4.69) is 17.4 Å². The molecule has 1 unspecified atom stereocenters. The molecule has 2 N–H and O–H groups in total. The summed E-state index contributed by atoms with van der Waals surface area (Å²) in [7, 11) is 0. The second kappa shape index (κ2) is 11.2. The zero-order chi connectivity index (χ0) is 27.7. The van der Waals surface area contributed by atoms with E-state index in [0.29, 0.717) is 18.5 Å². The maximum Gasteiger partial charge on any atom is 0.337 e. The third kappa shape index (κ3) is 5.93. The summed E-state index contributed by atoms with van der Waals surface area (Å²) in [4.78, 5) is 28.2. The highest BCUT2D eigenvalue weighted by molar-refractivity contribution is 5.96. The maximum absolute atomic E-state index is 13.6. The molecule has 2 heterocycles. The van der Waals surface area contributed by atoms with Gasteiger partial charge in [-0.05, 0) is 112 Å². The van der Waals surface area contributed by atoms with Crippen molar-refractivity contribution in [3.8, 4) is 16.9 Å². The number of rotatable bonds is 5. The number of fused-ring (bicyclic) bond motifs is 2. The van der Waals surface area contributed by atoms with Gasteiger partial charge >= 0.3 is 12.0 Å². The molecule has 0 aromatic heterocycles. The molecule has 1 aliphatic carbocycles. The van der Waals surface area contributed by atoms with Gasteiger partial charge in [0.25, 0.3) is 0 Å². The second-order valence-corrected chi connectivity index (χ2v) is 12.2. The number of urea groups is 1. The van der Waals surface area contributed by atoms with Crippen molar-refractivity contribution in [3.63, 3.8) is 0 Å². The molecule has 1 atom stereocenters. The monoisotopic (exact) mass is 534 g/mol. The van der Waals surface area contributed by atoms with E-state index < -0.39 is 17.7 Å². The smallest absolute Gasteiger partial charge is 0.337 e. The Bertz CT molecular complexity index is 1240. The van der Waals surface area contributed by atoms with E-state index in [1.165, 1.54) is 6.42 Å². The van der Waals surface area contributed by atoms with Crippen molar-refractivity contribution in [2.75, 3.05) is 18.1 Å². The van der Waals surface area contributed by atoms with Crippen LogP contribution in [0.1, 0.15) is 94.1 Å². The fourth-order valence-electron chi connectivity index (χ4n) is 6.39. The molecule has 5 rings (SSSR count). The number of ether oxygens (including phenoxy) is 2. The number of carboxylic acid groups (broad SMARTS) is 1. The van der Waals surface area contributed by atoms with Gasteiger partial charge in [-0.15, -0.1) is 0 Å². The topological polar surface area (TPSA) is 88.1 Å². The Kier molecular flexibility index (Phi) is 7.90. The number of anilines is 1. The number of aliphatic carboxylic acids is 1. The average molecular weight is 535 g/mol. The molecular formula is C32H42N2O5. The van der Waals surface area contributed by atoms with E-state index >= 15 is 0 Å². The van der Waals surface area contributed by atoms with E-state index in [9.17, 15) is 14.7 Å². The molecule has 0 bridgehead atoms. The van der Waals surface area contributed by atoms with Gasteiger partial charge < -0.3 is 19.9 Å². The number of aryl methyl sites for hydroxylation is 2. The summed E-state index contributed by atoms with van der Waals surface area (Å²) in [5.74, 6) is -0.127. The minimum absolute atomic E-state index is 0.0875. The van der Waals surface area contributed by atoms with Crippen molar-refractivity contribution in [1.29, 1.82) is 0 Å². The molecule has 210 valence electrons. The van der Waals surface area contributed by atoms with Crippen LogP contribution in [0.5, 0.6) is 5.75 Å². The van der Waals surface area contributed by atoms with Crippen molar-refractivity contribution in [3.05, 3.63) is 46.5 Å². The summed E-state index contributed by atoms with van der Waals surface area (Å²) in [6, 6.07) is 8.34. The number of benzene rings is 2. The number of carbonyl (C=O) groups excluding carboxylic acids is 1. The lowest BCUT2D eigenvalue weighted by atomic mass is 9.83. The third-order valence-corrected chi connectivity index (χ3v) is 8.08. The number of amides is 2. The lowest BCUT2D eigenvalue weighted by Crippen LogP contribution is -2.47. The van der Waals surface area contributed by atoms with Crippen LogP contribution in [0.2, 0.25) is 0 Å². The van der Waals surface area contributed by atoms with Crippen LogP contribution < -0.4 is 15.0 Å². The molecule has 2 aromatic carbocycles. The molecule has 39 heavy (non-hydrogen) atoms. The number of carboxylic acids is 1. The molecule has 0 radical (unpaired) electrons. The maximum atomic E-state index is 13.6. The van der Waals surface area contributed by atoms with Gasteiger partial charge in [0.15, 0.2) is 6.10 Å². The van der Waals surface area contributed by atoms with E-state index in [1.54, 1.807) is 0 Å². The summed E-state index contributed by atoms with van der Waals surface area (Å²) in [6.45, 7) is 8.98. The van der Waals surface area contributed by atoms with Gasteiger partial charge in [0.2, 0.25) is 0 Å². The average Bonchev–Trinajstić information content (AvgIpc) is 2.90. The van der Waals surface area contributed by atoms with Crippen molar-refractivity contribution < 1.29 is 24.2 Å². The first-order valence-corrected chi connectivity index (χ1v) is 14.5. The Hall–Kier alpha value is -3.06. The van der Waals surface area contributed by atoms with Crippen molar-refractivity contribution in [1.82, 2.24) is 5.32 Å². The molecule has 3 aliphatic rings. The van der Waals surface area contributed by atoms with Gasteiger partial charge in [0.05, 0.1) is 12.2 Å². The highest BCUT2D eigenvalue weighted by Gasteiger charge is 2.36. The number of carbonyl (C=O) groups is 2. The van der Waals surface area contributed by atoms with Gasteiger partial charge in [-0.25, -0.2) is 9.59 Å². The van der Waals surface area contributed by atoms with E-state index in [1.807, 2.05) is 44.7 Å². The lowest BCUT2D eigenvalue weighted by Gasteiger charge is -2.36. The molecule has 0 spiro atoms. The summed E-state index contributed by atoms with van der Waals surface area (Å²) >= 11 is 0. The molecule has 0 saturated heterocycles. The number of hydrogen-bond donors (Lipinski definition) is 2. The Morgan fingerprint density at radius 2 is 1.85 bits per heavy atom. The standard InChI is InChI=1S/C32H42N2O5/c1-20-18-25-24(13-8-16-34(25)31(37)33-23-11-6-5-7-12-23)28(29(30(35)36)39-32(2,3)4)27(20)22-14-15-26-21(19-22)10-9-17-38-26/h14-15,18-19,23,29H,5-13,16-17H2,1-4H3,(H,33,37)(H,35,36). The molecule has 1 saturated carbocycles. The summed E-state index contributed by atoms with van der Waals surface area (Å²) in [6.07, 6.45) is 7.72. The van der Waals surface area contributed by atoms with Crippen LogP contribution >= 0.6 is 0 Å². The Balaban J connectivity index is 1.64. The Morgan fingerprint density at radius 1 is 1.08 bits per heavy atom. The molecule has 2 aliphatic heterocycles. The number of nitrogens with zero attached hydrogens (tertiary/aromatic N) is 1. The molecule has 7 nitrogen and oxygen atoms in total. The lowest BCUT2D eigenvalue weighted by molar-refractivity contribution is -0.160. The molecule has 2 aromatic rings. The Morgan fingerprint density at radius 3 is 2.56 bits per heavy atom. The molecule has 2 amide bonds. The first-order chi connectivity index (χ1) is 18.6. The number of nitrogens with one attached hydrogen (secondary N) is 1. The second-order valence-electron chi connectivity index (χ2n) is 12.2. The van der Waals surface area contributed by atoms with Gasteiger partial charge in [-0.1, -0.05) is 25.3 Å². The highest BCUT2D eigenvalue weighted by atomic mass is 16.5. The predicted octanol–water partition coefficient (Wildman–Crippen LogP) is 6.72. The quantitative estimate of drug-likeness (QED) is 0.444. The summed E-state index contributed by atoms with van der Waals surface area (Å²) in [5, 5.41) is 13.8. The predicted molar refractivity (Wildman–Crippen MR) is 153 cm³/mol. The van der Waals surface area contributed by atoms with E-state index in [4.69, 9.17) is 9.47 Å². The van der Waals surface area contributed by atoms with Crippen LogP contribution in [-0.4, -0.2) is 41.9 Å². The highest BCUT2D eigenvalue weighted by Crippen LogP contribution is 2.45. The van der Waals surface area contributed by atoms with Crippen molar-refractivity contribution in [2.45, 2.75) is 103 Å². The Labute approximate surface area is 231 Å². The van der Waals surface area contributed by atoms with Gasteiger partial charge in [0, 0.05) is 23.8 Å². The van der Waals surface area contributed by atoms with E-state index in [0.717, 1.165) is 90.8 Å². The zero-order valence-corrected chi connectivity index (χ0v) is 23.8. The van der Waals surface area contributed by atoms with Crippen LogP contribution in [0.25, 0.3) is 11.1 Å². The fraction of sp³-hybridized carbons (Fsp3) is 0.562. The van der Waals surface area contributed by atoms with Gasteiger partial charge in [0.1, 0.15) is 5.75 Å². The summed E-state index contributed by atoms with van der Waals surface area (Å²) < 4.78 is 12.1. The van der Waals surface area contributed by atoms with Crippen LogP contribution in [0, 0.1) is 6.92 Å². The number of hydrogen-bond acceptors (Lipinski definition) is 4. The zero-order valence-electron chi connectivity index (χ0n) is 23.8.